The van der Waals surface area contributed by atoms with Crippen LogP contribution >= 0.6 is 34.3 Å². The van der Waals surface area contributed by atoms with Crippen LogP contribution in [0.3, 0.4) is 0 Å². The highest BCUT2D eigenvalue weighted by molar-refractivity contribution is 7.22. The van der Waals surface area contributed by atoms with Crippen molar-refractivity contribution in [3.63, 3.8) is 0 Å². The summed E-state index contributed by atoms with van der Waals surface area (Å²) in [5.74, 6) is 6.27. The standard InChI is InChI=1S/C16H10ClNS2/c1-11-2-9-15(19-11)16-18-10-14(20-16)8-5-12-3-6-13(17)7-4-12/h2-4,6-7,9-10H,1H3. The maximum Gasteiger partial charge on any atom is 0.134 e. The predicted molar refractivity (Wildman–Crippen MR) is 87.6 cm³/mol. The molecule has 0 unspecified atom stereocenters. The van der Waals surface area contributed by atoms with Crippen molar-refractivity contribution in [3.05, 3.63) is 62.9 Å². The Morgan fingerprint density at radius 1 is 1.00 bits per heavy atom. The number of aryl methyl sites for hydroxylation is 1. The average molecular weight is 316 g/mol. The van der Waals surface area contributed by atoms with Crippen molar-refractivity contribution in [1.82, 2.24) is 4.98 Å². The molecule has 0 fully saturated rings. The minimum absolute atomic E-state index is 0.726. The lowest BCUT2D eigenvalue weighted by Gasteiger charge is -1.89. The van der Waals surface area contributed by atoms with Crippen LogP contribution < -0.4 is 0 Å². The van der Waals surface area contributed by atoms with Crippen molar-refractivity contribution in [3.8, 4) is 21.7 Å². The van der Waals surface area contributed by atoms with Gasteiger partial charge < -0.3 is 0 Å². The molecule has 3 rings (SSSR count). The van der Waals surface area contributed by atoms with E-state index in [4.69, 9.17) is 11.6 Å². The second-order valence-corrected chi connectivity index (χ2v) is 6.95. The van der Waals surface area contributed by atoms with Crippen molar-refractivity contribution in [2.75, 3.05) is 0 Å². The zero-order valence-corrected chi connectivity index (χ0v) is 13.1. The van der Waals surface area contributed by atoms with Crippen LogP contribution in [0.1, 0.15) is 15.3 Å². The molecular formula is C16H10ClNS2. The molecule has 0 saturated carbocycles. The first-order chi connectivity index (χ1) is 9.70. The Balaban J connectivity index is 1.83. The third-order valence-electron chi connectivity index (χ3n) is 2.63. The maximum absolute atomic E-state index is 5.85. The summed E-state index contributed by atoms with van der Waals surface area (Å²) in [5, 5.41) is 1.76. The summed E-state index contributed by atoms with van der Waals surface area (Å²) in [6, 6.07) is 11.7. The van der Waals surface area contributed by atoms with E-state index in [1.165, 1.54) is 9.75 Å². The Kier molecular flexibility index (Phi) is 3.88. The fourth-order valence-electron chi connectivity index (χ4n) is 1.66. The van der Waals surface area contributed by atoms with Crippen molar-refractivity contribution in [2.24, 2.45) is 0 Å². The van der Waals surface area contributed by atoms with E-state index >= 15 is 0 Å². The van der Waals surface area contributed by atoms with Gasteiger partial charge in [-0.05, 0) is 49.2 Å². The summed E-state index contributed by atoms with van der Waals surface area (Å²) in [5.41, 5.74) is 0.955. The van der Waals surface area contributed by atoms with Crippen LogP contribution in [0.5, 0.6) is 0 Å². The number of benzene rings is 1. The Hall–Kier alpha value is -1.60. The molecule has 0 atom stereocenters. The van der Waals surface area contributed by atoms with E-state index in [1.54, 1.807) is 22.7 Å². The number of nitrogens with zero attached hydrogens (tertiary/aromatic N) is 1. The number of hydrogen-bond acceptors (Lipinski definition) is 3. The van der Waals surface area contributed by atoms with Gasteiger partial charge in [0.05, 0.1) is 16.0 Å². The van der Waals surface area contributed by atoms with Gasteiger partial charge in [0, 0.05) is 15.5 Å². The fourth-order valence-corrected chi connectivity index (χ4v) is 3.49. The van der Waals surface area contributed by atoms with Gasteiger partial charge in [-0.2, -0.15) is 0 Å². The zero-order chi connectivity index (χ0) is 13.9. The SMILES string of the molecule is Cc1ccc(-c2ncc(C#Cc3ccc(Cl)cc3)s2)s1. The van der Waals surface area contributed by atoms with Gasteiger partial charge >= 0.3 is 0 Å². The molecule has 0 spiro atoms. The molecule has 3 aromatic rings. The highest BCUT2D eigenvalue weighted by atomic mass is 35.5. The van der Waals surface area contributed by atoms with Crippen LogP contribution in [-0.2, 0) is 0 Å². The number of halogens is 1. The predicted octanol–water partition coefficient (Wildman–Crippen LogP) is 5.23. The topological polar surface area (TPSA) is 12.9 Å². The highest BCUT2D eigenvalue weighted by Gasteiger charge is 2.05. The first-order valence-electron chi connectivity index (χ1n) is 6.01. The smallest absolute Gasteiger partial charge is 0.134 e. The Morgan fingerprint density at radius 2 is 1.80 bits per heavy atom. The third kappa shape index (κ3) is 3.10. The molecule has 1 aromatic carbocycles. The molecule has 98 valence electrons. The lowest BCUT2D eigenvalue weighted by molar-refractivity contribution is 1.42. The number of rotatable bonds is 1. The molecular weight excluding hydrogens is 306 g/mol. The van der Waals surface area contributed by atoms with E-state index in [0.29, 0.717) is 0 Å². The van der Waals surface area contributed by atoms with Gasteiger partial charge in [0.2, 0.25) is 0 Å². The lowest BCUT2D eigenvalue weighted by atomic mass is 10.2. The molecule has 0 radical (unpaired) electrons. The van der Waals surface area contributed by atoms with Crippen molar-refractivity contribution < 1.29 is 0 Å². The summed E-state index contributed by atoms with van der Waals surface area (Å²) in [6.07, 6.45) is 1.83. The molecule has 0 aliphatic heterocycles. The van der Waals surface area contributed by atoms with Crippen LogP contribution in [0.15, 0.2) is 42.6 Å². The van der Waals surface area contributed by atoms with Crippen molar-refractivity contribution >= 4 is 34.3 Å². The largest absolute Gasteiger partial charge is 0.242 e. The van der Waals surface area contributed by atoms with Crippen LogP contribution in [0.25, 0.3) is 9.88 Å². The second kappa shape index (κ2) is 5.80. The Morgan fingerprint density at radius 3 is 2.50 bits per heavy atom. The summed E-state index contributed by atoms with van der Waals surface area (Å²) in [4.78, 5) is 7.90. The first kappa shape index (κ1) is 13.4. The minimum Gasteiger partial charge on any atom is -0.242 e. The molecule has 1 nitrogen and oxygen atoms in total. The average Bonchev–Trinajstić information content (AvgIpc) is 3.07. The van der Waals surface area contributed by atoms with Crippen molar-refractivity contribution in [2.45, 2.75) is 6.92 Å². The minimum atomic E-state index is 0.726. The number of hydrogen-bond donors (Lipinski definition) is 0. The summed E-state index contributed by atoms with van der Waals surface area (Å²) in [7, 11) is 0. The Bertz CT molecular complexity index is 788. The molecule has 20 heavy (non-hydrogen) atoms. The number of thiophene rings is 1. The summed E-state index contributed by atoms with van der Waals surface area (Å²) >= 11 is 9.22. The summed E-state index contributed by atoms with van der Waals surface area (Å²) in [6.45, 7) is 2.10. The van der Waals surface area contributed by atoms with Gasteiger partial charge in [0.15, 0.2) is 0 Å². The number of aromatic nitrogens is 1. The van der Waals surface area contributed by atoms with E-state index < -0.39 is 0 Å². The summed E-state index contributed by atoms with van der Waals surface area (Å²) < 4.78 is 0. The van der Waals surface area contributed by atoms with E-state index in [1.807, 2.05) is 30.5 Å². The van der Waals surface area contributed by atoms with Crippen LogP contribution in [-0.4, -0.2) is 4.98 Å². The van der Waals surface area contributed by atoms with Crippen LogP contribution in [0.2, 0.25) is 5.02 Å². The van der Waals surface area contributed by atoms with Gasteiger partial charge in [-0.1, -0.05) is 17.5 Å². The van der Waals surface area contributed by atoms with Crippen LogP contribution in [0, 0.1) is 18.8 Å². The van der Waals surface area contributed by atoms with Gasteiger partial charge in [0.1, 0.15) is 5.01 Å². The molecule has 0 N–H and O–H groups in total. The third-order valence-corrected chi connectivity index (χ3v) is 4.97. The van der Waals surface area contributed by atoms with E-state index in [2.05, 4.69) is 35.9 Å². The first-order valence-corrected chi connectivity index (χ1v) is 8.02. The molecule has 4 heteroatoms. The van der Waals surface area contributed by atoms with Gasteiger partial charge in [-0.15, -0.1) is 22.7 Å². The second-order valence-electron chi connectivity index (χ2n) is 4.20. The molecule has 2 aromatic heterocycles. The number of thiazole rings is 1. The van der Waals surface area contributed by atoms with Crippen LogP contribution in [0.4, 0.5) is 0 Å². The molecule has 0 saturated heterocycles. The van der Waals surface area contributed by atoms with E-state index in [0.717, 1.165) is 20.5 Å². The lowest BCUT2D eigenvalue weighted by Crippen LogP contribution is -1.72. The zero-order valence-electron chi connectivity index (χ0n) is 10.7. The monoisotopic (exact) mass is 315 g/mol. The normalized spacial score (nSPS) is 10.1. The highest BCUT2D eigenvalue weighted by Crippen LogP contribution is 2.30. The van der Waals surface area contributed by atoms with E-state index in [-0.39, 0.29) is 0 Å². The molecule has 0 aliphatic rings. The van der Waals surface area contributed by atoms with Gasteiger partial charge in [-0.25, -0.2) is 4.98 Å². The fraction of sp³-hybridized carbons (Fsp3) is 0.0625. The Labute approximate surface area is 130 Å². The quantitative estimate of drug-likeness (QED) is 0.560. The molecule has 2 heterocycles. The van der Waals surface area contributed by atoms with Gasteiger partial charge in [0.25, 0.3) is 0 Å². The van der Waals surface area contributed by atoms with E-state index in [9.17, 15) is 0 Å². The molecule has 0 aliphatic carbocycles. The maximum atomic E-state index is 5.85. The molecule has 0 bridgehead atoms. The molecule has 0 amide bonds. The van der Waals surface area contributed by atoms with Gasteiger partial charge in [-0.3, -0.25) is 0 Å². The van der Waals surface area contributed by atoms with Crippen molar-refractivity contribution in [1.29, 1.82) is 0 Å².